The maximum atomic E-state index is 12.3. The van der Waals surface area contributed by atoms with Crippen molar-refractivity contribution in [1.29, 1.82) is 0 Å². The van der Waals surface area contributed by atoms with Gasteiger partial charge in [0.05, 0.1) is 11.8 Å². The Kier molecular flexibility index (Phi) is 3.23. The van der Waals surface area contributed by atoms with Crippen LogP contribution in [0.15, 0.2) is 41.5 Å². The number of hydrogen-bond acceptors (Lipinski definition) is 4. The van der Waals surface area contributed by atoms with Crippen LogP contribution in [0.1, 0.15) is 0 Å². The van der Waals surface area contributed by atoms with Crippen molar-refractivity contribution < 1.29 is 5.11 Å². The summed E-state index contributed by atoms with van der Waals surface area (Å²) in [5.41, 5.74) is 0.626. The molecule has 0 unspecified atom stereocenters. The molecule has 2 heterocycles. The standard InChI is InChI=1S/C14H11ClN4O2/c1-19-7-8(6-16-19)12-17-13(20)11(14(21)18-12)9-4-2-3-5-10(9)15/h2-7H,1H3,(H2,17,18,20,21). The van der Waals surface area contributed by atoms with Gasteiger partial charge in [-0.3, -0.25) is 9.48 Å². The van der Waals surface area contributed by atoms with Crippen LogP contribution in [0.5, 0.6) is 5.88 Å². The molecule has 0 aliphatic rings. The van der Waals surface area contributed by atoms with Crippen LogP contribution in [-0.4, -0.2) is 24.9 Å². The Balaban J connectivity index is 2.18. The average Bonchev–Trinajstić information content (AvgIpc) is 2.87. The molecule has 6 nitrogen and oxygen atoms in total. The van der Waals surface area contributed by atoms with Crippen molar-refractivity contribution in [2.45, 2.75) is 0 Å². The first-order chi connectivity index (χ1) is 10.1. The van der Waals surface area contributed by atoms with E-state index in [2.05, 4.69) is 15.1 Å². The highest BCUT2D eigenvalue weighted by molar-refractivity contribution is 6.33. The molecule has 0 aliphatic carbocycles. The summed E-state index contributed by atoms with van der Waals surface area (Å²) in [7, 11) is 1.75. The summed E-state index contributed by atoms with van der Waals surface area (Å²) in [6, 6.07) is 6.77. The number of nitrogens with one attached hydrogen (secondary N) is 1. The molecule has 21 heavy (non-hydrogen) atoms. The lowest BCUT2D eigenvalue weighted by Crippen LogP contribution is -2.12. The number of aromatic hydroxyl groups is 1. The SMILES string of the molecule is Cn1cc(-c2nc(O)c(-c3ccccc3Cl)c(=O)[nH]2)cn1. The molecule has 0 atom stereocenters. The van der Waals surface area contributed by atoms with Crippen molar-refractivity contribution in [2.24, 2.45) is 7.05 Å². The minimum absolute atomic E-state index is 0.0493. The van der Waals surface area contributed by atoms with Gasteiger partial charge in [-0.15, -0.1) is 0 Å². The molecule has 2 N–H and O–H groups in total. The van der Waals surface area contributed by atoms with Gasteiger partial charge in [-0.25, -0.2) is 0 Å². The van der Waals surface area contributed by atoms with Gasteiger partial charge in [0, 0.05) is 23.8 Å². The average molecular weight is 303 g/mol. The molecule has 0 bridgehead atoms. The maximum Gasteiger partial charge on any atom is 0.262 e. The number of H-pyrrole nitrogens is 1. The molecule has 2 aromatic heterocycles. The third-order valence-corrected chi connectivity index (χ3v) is 3.35. The van der Waals surface area contributed by atoms with Gasteiger partial charge in [0.1, 0.15) is 11.4 Å². The van der Waals surface area contributed by atoms with Gasteiger partial charge >= 0.3 is 0 Å². The first kappa shape index (κ1) is 13.4. The van der Waals surface area contributed by atoms with Crippen LogP contribution in [0.25, 0.3) is 22.5 Å². The van der Waals surface area contributed by atoms with Gasteiger partial charge in [0.25, 0.3) is 5.56 Å². The molecule has 0 amide bonds. The van der Waals surface area contributed by atoms with E-state index in [1.807, 2.05) is 0 Å². The molecule has 0 aliphatic heterocycles. The summed E-state index contributed by atoms with van der Waals surface area (Å²) >= 11 is 6.06. The molecular formula is C14H11ClN4O2. The highest BCUT2D eigenvalue weighted by Crippen LogP contribution is 2.30. The summed E-state index contributed by atoms with van der Waals surface area (Å²) in [4.78, 5) is 18.9. The zero-order valence-electron chi connectivity index (χ0n) is 11.0. The van der Waals surface area contributed by atoms with Gasteiger partial charge in [-0.05, 0) is 6.07 Å². The van der Waals surface area contributed by atoms with Crippen molar-refractivity contribution in [1.82, 2.24) is 19.7 Å². The molecule has 0 radical (unpaired) electrons. The van der Waals surface area contributed by atoms with Gasteiger partial charge in [-0.2, -0.15) is 10.1 Å². The van der Waals surface area contributed by atoms with Gasteiger partial charge in [-0.1, -0.05) is 29.8 Å². The lowest BCUT2D eigenvalue weighted by atomic mass is 10.1. The summed E-state index contributed by atoms with van der Waals surface area (Å²) in [5.74, 6) is -0.118. The normalized spacial score (nSPS) is 10.8. The highest BCUT2D eigenvalue weighted by atomic mass is 35.5. The molecule has 0 saturated carbocycles. The number of aromatic nitrogens is 4. The van der Waals surface area contributed by atoms with Crippen LogP contribution in [0.3, 0.4) is 0 Å². The summed E-state index contributed by atoms with van der Waals surface area (Å²) in [5, 5.41) is 14.5. The van der Waals surface area contributed by atoms with Crippen molar-refractivity contribution in [3.8, 4) is 28.4 Å². The third-order valence-electron chi connectivity index (χ3n) is 3.02. The maximum absolute atomic E-state index is 12.3. The smallest absolute Gasteiger partial charge is 0.262 e. The fourth-order valence-electron chi connectivity index (χ4n) is 2.05. The van der Waals surface area contributed by atoms with E-state index in [9.17, 15) is 9.90 Å². The van der Waals surface area contributed by atoms with Crippen LogP contribution < -0.4 is 5.56 Å². The summed E-state index contributed by atoms with van der Waals surface area (Å²) in [6.45, 7) is 0. The topological polar surface area (TPSA) is 83.8 Å². The first-order valence-corrected chi connectivity index (χ1v) is 6.51. The van der Waals surface area contributed by atoms with E-state index in [-0.39, 0.29) is 17.3 Å². The fraction of sp³-hybridized carbons (Fsp3) is 0.0714. The Morgan fingerprint density at radius 1 is 1.33 bits per heavy atom. The Bertz CT molecular complexity index is 869. The number of rotatable bonds is 2. The van der Waals surface area contributed by atoms with E-state index < -0.39 is 5.56 Å². The number of hydrogen-bond donors (Lipinski definition) is 2. The van der Waals surface area contributed by atoms with Crippen LogP contribution in [0, 0.1) is 0 Å². The second-order valence-electron chi connectivity index (χ2n) is 4.50. The Morgan fingerprint density at radius 2 is 2.10 bits per heavy atom. The quantitative estimate of drug-likeness (QED) is 0.760. The van der Waals surface area contributed by atoms with Crippen LogP contribution in [-0.2, 0) is 7.05 Å². The van der Waals surface area contributed by atoms with Gasteiger partial charge < -0.3 is 10.1 Å². The lowest BCUT2D eigenvalue weighted by Gasteiger charge is -2.06. The van der Waals surface area contributed by atoms with E-state index in [0.717, 1.165) is 0 Å². The molecule has 0 spiro atoms. The van der Waals surface area contributed by atoms with E-state index in [1.54, 1.807) is 48.4 Å². The van der Waals surface area contributed by atoms with E-state index in [1.165, 1.54) is 0 Å². The molecule has 0 saturated heterocycles. The zero-order chi connectivity index (χ0) is 15.0. The Labute approximate surface area is 124 Å². The molecular weight excluding hydrogens is 292 g/mol. The van der Waals surface area contributed by atoms with Crippen LogP contribution in [0.4, 0.5) is 0 Å². The third kappa shape index (κ3) is 2.41. The number of benzene rings is 1. The number of nitrogens with zero attached hydrogens (tertiary/aromatic N) is 3. The van der Waals surface area contributed by atoms with E-state index in [0.29, 0.717) is 16.1 Å². The molecule has 3 aromatic rings. The second-order valence-corrected chi connectivity index (χ2v) is 4.90. The van der Waals surface area contributed by atoms with Crippen LogP contribution in [0.2, 0.25) is 5.02 Å². The molecule has 7 heteroatoms. The molecule has 0 fully saturated rings. The first-order valence-electron chi connectivity index (χ1n) is 6.13. The monoisotopic (exact) mass is 302 g/mol. The predicted octanol–water partition coefficient (Wildman–Crippen LogP) is 2.20. The lowest BCUT2D eigenvalue weighted by molar-refractivity contribution is 0.454. The minimum Gasteiger partial charge on any atom is -0.493 e. The number of aromatic amines is 1. The fourth-order valence-corrected chi connectivity index (χ4v) is 2.28. The van der Waals surface area contributed by atoms with E-state index in [4.69, 9.17) is 11.6 Å². The molecule has 1 aromatic carbocycles. The van der Waals surface area contributed by atoms with E-state index >= 15 is 0 Å². The number of halogens is 1. The highest BCUT2D eigenvalue weighted by Gasteiger charge is 2.16. The molecule has 106 valence electrons. The van der Waals surface area contributed by atoms with Crippen LogP contribution >= 0.6 is 11.6 Å². The number of aryl methyl sites for hydroxylation is 1. The Morgan fingerprint density at radius 3 is 2.71 bits per heavy atom. The van der Waals surface area contributed by atoms with Gasteiger partial charge in [0.15, 0.2) is 0 Å². The summed E-state index contributed by atoms with van der Waals surface area (Å²) < 4.78 is 1.58. The zero-order valence-corrected chi connectivity index (χ0v) is 11.8. The molecule has 3 rings (SSSR count). The minimum atomic E-state index is -0.463. The van der Waals surface area contributed by atoms with Crippen molar-refractivity contribution in [2.75, 3.05) is 0 Å². The largest absolute Gasteiger partial charge is 0.493 e. The van der Waals surface area contributed by atoms with Gasteiger partial charge in [0.2, 0.25) is 5.88 Å². The predicted molar refractivity (Wildman–Crippen MR) is 79.2 cm³/mol. The van der Waals surface area contributed by atoms with Crippen molar-refractivity contribution in [3.63, 3.8) is 0 Å². The summed E-state index contributed by atoms with van der Waals surface area (Å²) in [6.07, 6.45) is 3.24. The second kappa shape index (κ2) is 5.06. The van der Waals surface area contributed by atoms with Crippen molar-refractivity contribution >= 4 is 11.6 Å². The Hall–Kier alpha value is -2.60. The van der Waals surface area contributed by atoms with Crippen molar-refractivity contribution in [3.05, 3.63) is 52.0 Å².